The first kappa shape index (κ1) is 42.5. The molecule has 4 heterocycles. The molecule has 0 radical (unpaired) electrons. The number of carbonyl (C=O) groups is 3. The molecule has 11 atom stereocenters. The van der Waals surface area contributed by atoms with Crippen LogP contribution in [0.2, 0.25) is 0 Å². The van der Waals surface area contributed by atoms with Crippen molar-refractivity contribution in [2.24, 2.45) is 17.8 Å². The van der Waals surface area contributed by atoms with Crippen molar-refractivity contribution in [1.29, 1.82) is 0 Å². The summed E-state index contributed by atoms with van der Waals surface area (Å²) in [4.78, 5) is 41.0. The zero-order valence-electron chi connectivity index (χ0n) is 34.7. The summed E-state index contributed by atoms with van der Waals surface area (Å²) in [6.07, 6.45) is 11.2. The van der Waals surface area contributed by atoms with Gasteiger partial charge < -0.3 is 44.0 Å². The standard InChI is InChI=1S/C46H61NO11/c1-27-18-21-45(57-31(27)5)24-36-23-35(58-45)17-12-29(3)40(56-43(51)44(19-7-8-20-44)32-13-15-34(16-14-32)47-38(48)26-53-6)28(2)10-9-11-33-25-54-41-39(49)30(4)22-37(42(50)55-36)46(33,41)52/h9-16,22,27-28,31,35-37,39-41,49,52H,7-8,17-21,23-26H2,1-6H3,(H,47,48)/b10-9+,29-12+,33-11+/t27-,28-,31+,35+,36-,37-,39+,40?,41+,45?,46+/m0/s1. The molecule has 2 aliphatic carbocycles. The Morgan fingerprint density at radius 2 is 1.74 bits per heavy atom. The van der Waals surface area contributed by atoms with E-state index in [0.717, 1.165) is 30.4 Å². The highest BCUT2D eigenvalue weighted by Crippen LogP contribution is 2.48. The summed E-state index contributed by atoms with van der Waals surface area (Å²) in [5.74, 6) is -3.15. The topological polar surface area (TPSA) is 159 Å². The van der Waals surface area contributed by atoms with Gasteiger partial charge in [0, 0.05) is 38.0 Å². The second kappa shape index (κ2) is 17.1. The van der Waals surface area contributed by atoms with E-state index in [9.17, 15) is 24.6 Å². The molecule has 1 aromatic rings. The molecule has 1 saturated carbocycles. The van der Waals surface area contributed by atoms with Crippen LogP contribution in [0, 0.1) is 17.8 Å². The van der Waals surface area contributed by atoms with Crippen LogP contribution in [0.4, 0.5) is 5.69 Å². The van der Waals surface area contributed by atoms with E-state index in [4.69, 9.17) is 28.4 Å². The van der Waals surface area contributed by atoms with E-state index in [-0.39, 0.29) is 43.2 Å². The molecule has 12 nitrogen and oxygen atoms in total. The van der Waals surface area contributed by atoms with Crippen LogP contribution < -0.4 is 5.32 Å². The zero-order valence-corrected chi connectivity index (χ0v) is 34.7. The minimum atomic E-state index is -1.84. The molecule has 0 aromatic heterocycles. The molecule has 2 unspecified atom stereocenters. The van der Waals surface area contributed by atoms with Crippen molar-refractivity contribution in [2.45, 2.75) is 146 Å². The Hall–Kier alpha value is -3.65. The van der Waals surface area contributed by atoms with E-state index in [1.807, 2.05) is 51.1 Å². The Bertz CT molecular complexity index is 1830. The lowest BCUT2D eigenvalue weighted by atomic mass is 9.71. The molecule has 58 heavy (non-hydrogen) atoms. The average molecular weight is 804 g/mol. The fraction of sp³-hybridized carbons (Fsp3) is 0.630. The Balaban J connectivity index is 1.23. The molecule has 4 aliphatic heterocycles. The number of hydrogen-bond donors (Lipinski definition) is 3. The molecule has 4 fully saturated rings. The lowest BCUT2D eigenvalue weighted by Gasteiger charge is -2.49. The lowest BCUT2D eigenvalue weighted by Crippen LogP contribution is -2.58. The van der Waals surface area contributed by atoms with Gasteiger partial charge in [-0.2, -0.15) is 0 Å². The van der Waals surface area contributed by atoms with E-state index in [1.165, 1.54) is 7.11 Å². The molecule has 2 bridgehead atoms. The van der Waals surface area contributed by atoms with E-state index < -0.39 is 53.1 Å². The maximum absolute atomic E-state index is 14.6. The van der Waals surface area contributed by atoms with E-state index in [1.54, 1.807) is 25.2 Å². The highest BCUT2D eigenvalue weighted by Gasteiger charge is 2.60. The van der Waals surface area contributed by atoms with Gasteiger partial charge in [0.2, 0.25) is 5.91 Å². The molecular formula is C46H61NO11. The van der Waals surface area contributed by atoms with Crippen LogP contribution >= 0.6 is 0 Å². The van der Waals surface area contributed by atoms with Gasteiger partial charge in [-0.3, -0.25) is 14.4 Å². The number of carbonyl (C=O) groups excluding carboxylic acids is 3. The predicted octanol–water partition coefficient (Wildman–Crippen LogP) is 6.15. The maximum atomic E-state index is 14.6. The van der Waals surface area contributed by atoms with Gasteiger partial charge in [0.15, 0.2) is 5.79 Å². The number of ether oxygens (including phenoxy) is 6. The van der Waals surface area contributed by atoms with Crippen molar-refractivity contribution >= 4 is 23.5 Å². The zero-order chi connectivity index (χ0) is 41.4. The van der Waals surface area contributed by atoms with Crippen LogP contribution in [0.1, 0.15) is 98.0 Å². The number of nitrogens with one attached hydrogen (secondary N) is 1. The van der Waals surface area contributed by atoms with E-state index in [0.29, 0.717) is 61.3 Å². The number of fused-ring (bicyclic) bond motifs is 2. The molecule has 1 aromatic carbocycles. The quantitative estimate of drug-likeness (QED) is 0.224. The molecular weight excluding hydrogens is 743 g/mol. The number of aliphatic hydroxyl groups excluding tert-OH is 1. The van der Waals surface area contributed by atoms with Crippen LogP contribution in [0.5, 0.6) is 0 Å². The van der Waals surface area contributed by atoms with Gasteiger partial charge in [-0.1, -0.05) is 69.2 Å². The number of benzene rings is 1. The summed E-state index contributed by atoms with van der Waals surface area (Å²) in [6, 6.07) is 7.41. The van der Waals surface area contributed by atoms with Crippen molar-refractivity contribution in [3.05, 3.63) is 76.9 Å². The second-order valence-corrected chi connectivity index (χ2v) is 17.7. The molecule has 3 N–H and O–H groups in total. The Kier molecular flexibility index (Phi) is 12.6. The van der Waals surface area contributed by atoms with Crippen molar-refractivity contribution in [3.8, 4) is 0 Å². The third-order valence-electron chi connectivity index (χ3n) is 13.6. The summed E-state index contributed by atoms with van der Waals surface area (Å²) in [5.41, 5.74) is 0.616. The summed E-state index contributed by atoms with van der Waals surface area (Å²) < 4.78 is 37.3. The molecule has 316 valence electrons. The number of aliphatic hydroxyl groups is 2. The van der Waals surface area contributed by atoms with Gasteiger partial charge in [-0.05, 0) is 86.8 Å². The van der Waals surface area contributed by atoms with Gasteiger partial charge in [0.25, 0.3) is 0 Å². The summed E-state index contributed by atoms with van der Waals surface area (Å²) in [5, 5.41) is 26.4. The average Bonchev–Trinajstić information content (AvgIpc) is 3.82. The summed E-state index contributed by atoms with van der Waals surface area (Å²) in [6.45, 7) is 9.86. The summed E-state index contributed by atoms with van der Waals surface area (Å²) >= 11 is 0. The van der Waals surface area contributed by atoms with Gasteiger partial charge in [0.1, 0.15) is 42.5 Å². The molecule has 1 amide bonds. The van der Waals surface area contributed by atoms with Crippen molar-refractivity contribution in [2.75, 3.05) is 25.6 Å². The number of methoxy groups -OCH3 is 1. The molecule has 6 aliphatic rings. The predicted molar refractivity (Wildman–Crippen MR) is 215 cm³/mol. The second-order valence-electron chi connectivity index (χ2n) is 17.7. The number of rotatable bonds is 6. The minimum absolute atomic E-state index is 0.0168. The Morgan fingerprint density at radius 1 is 1.00 bits per heavy atom. The lowest BCUT2D eigenvalue weighted by molar-refractivity contribution is -0.332. The van der Waals surface area contributed by atoms with E-state index >= 15 is 0 Å². The highest BCUT2D eigenvalue weighted by molar-refractivity contribution is 5.92. The molecule has 7 rings (SSSR count). The van der Waals surface area contributed by atoms with Crippen LogP contribution in [0.3, 0.4) is 0 Å². The SMILES string of the molecule is COCC(=O)Nc1ccc(C2(C(=O)OC3/C(C)=C/C[C@@H]4C[C@@H](CC5(CC[C@H](C)[C@@H](C)O5)O4)OC(=O)[C@@H]4C=C(C)[C@@H](O)[C@H]5OC/C(=C\C=C\[C@@H]3C)[C@]54O)CCCC2)cc1. The van der Waals surface area contributed by atoms with Crippen molar-refractivity contribution < 1.29 is 53.0 Å². The first-order valence-electron chi connectivity index (χ1n) is 21.1. The van der Waals surface area contributed by atoms with Crippen LogP contribution in [0.15, 0.2) is 71.4 Å². The normalized spacial score (nSPS) is 39.9. The Labute approximate surface area is 342 Å². The fourth-order valence-corrected chi connectivity index (χ4v) is 10.0. The van der Waals surface area contributed by atoms with E-state index in [2.05, 4.69) is 18.3 Å². The van der Waals surface area contributed by atoms with Gasteiger partial charge >= 0.3 is 11.9 Å². The van der Waals surface area contributed by atoms with Crippen molar-refractivity contribution in [1.82, 2.24) is 0 Å². The van der Waals surface area contributed by atoms with Gasteiger partial charge in [-0.15, -0.1) is 0 Å². The van der Waals surface area contributed by atoms with Crippen LogP contribution in [-0.4, -0.2) is 96.4 Å². The molecule has 12 heteroatoms. The largest absolute Gasteiger partial charge is 0.462 e. The first-order valence-corrected chi connectivity index (χ1v) is 21.1. The summed E-state index contributed by atoms with van der Waals surface area (Å²) in [7, 11) is 1.47. The smallest absolute Gasteiger partial charge is 0.317 e. The van der Waals surface area contributed by atoms with Crippen LogP contribution in [0.25, 0.3) is 0 Å². The number of esters is 2. The van der Waals surface area contributed by atoms with Gasteiger partial charge in [0.05, 0.1) is 24.2 Å². The van der Waals surface area contributed by atoms with Gasteiger partial charge in [-0.25, -0.2) is 0 Å². The van der Waals surface area contributed by atoms with Crippen LogP contribution in [-0.2, 0) is 48.2 Å². The fourth-order valence-electron chi connectivity index (χ4n) is 10.0. The third-order valence-corrected chi connectivity index (χ3v) is 13.6. The number of amides is 1. The first-order chi connectivity index (χ1) is 27.7. The highest BCUT2D eigenvalue weighted by atomic mass is 16.7. The molecule has 3 saturated heterocycles. The monoisotopic (exact) mass is 803 g/mol. The number of anilines is 1. The minimum Gasteiger partial charge on any atom is -0.462 e. The maximum Gasteiger partial charge on any atom is 0.317 e. The Morgan fingerprint density at radius 3 is 2.45 bits per heavy atom. The molecule has 1 spiro atoms. The number of allylic oxidation sites excluding steroid dienone is 2. The van der Waals surface area contributed by atoms with Crippen molar-refractivity contribution in [3.63, 3.8) is 0 Å². The number of hydrogen-bond acceptors (Lipinski definition) is 11. The third kappa shape index (κ3) is 8.25.